The largest absolute Gasteiger partial charge is 0.323 e. The molecular weight excluding hydrogens is 513 g/mol. The Hall–Kier alpha value is -0.640. The third-order valence-corrected chi connectivity index (χ3v) is 5.42. The average Bonchev–Trinajstić information content (AvgIpc) is 2.79. The Morgan fingerprint density at radius 2 is 1.71 bits per heavy atom. The molecule has 0 amide bonds. The van der Waals surface area contributed by atoms with E-state index in [-0.39, 0.29) is 11.7 Å². The fourth-order valence-corrected chi connectivity index (χ4v) is 3.87. The van der Waals surface area contributed by atoms with Crippen LogP contribution < -0.4 is 11.4 Å². The summed E-state index contributed by atoms with van der Waals surface area (Å²) in [6.07, 6.45) is 0. The second kappa shape index (κ2) is 5.86. The summed E-state index contributed by atoms with van der Waals surface area (Å²) in [4.78, 5) is 16.9. The summed E-state index contributed by atoms with van der Waals surface area (Å²) in [5.41, 5.74) is 9.66. The summed E-state index contributed by atoms with van der Waals surface area (Å²) in [6, 6.07) is 9.51. The van der Waals surface area contributed by atoms with Crippen LogP contribution in [0.25, 0.3) is 11.0 Å². The van der Waals surface area contributed by atoms with E-state index in [1.54, 1.807) is 0 Å². The number of nitrogens with one attached hydrogen (secondary N) is 2. The van der Waals surface area contributed by atoms with Gasteiger partial charge in [-0.05, 0) is 64.0 Å². The molecule has 0 saturated heterocycles. The van der Waals surface area contributed by atoms with E-state index >= 15 is 0 Å². The zero-order valence-electron chi connectivity index (χ0n) is 10.6. The van der Waals surface area contributed by atoms with E-state index in [2.05, 4.69) is 64.4 Å². The van der Waals surface area contributed by atoms with Crippen LogP contribution >= 0.6 is 54.5 Å². The molecule has 0 aliphatic heterocycles. The normalized spacial score (nSPS) is 12.8. The molecule has 0 aliphatic carbocycles. The van der Waals surface area contributed by atoms with Gasteiger partial charge in [0.25, 0.3) is 0 Å². The topological polar surface area (TPSA) is 74.7 Å². The number of aromatic nitrogens is 2. The molecule has 21 heavy (non-hydrogen) atoms. The lowest BCUT2D eigenvalue weighted by Gasteiger charge is -2.16. The van der Waals surface area contributed by atoms with Crippen molar-refractivity contribution in [1.29, 1.82) is 0 Å². The Labute approximate surface area is 150 Å². The molecule has 0 saturated carbocycles. The molecule has 4 N–H and O–H groups in total. The van der Waals surface area contributed by atoms with Crippen LogP contribution in [0.3, 0.4) is 0 Å². The van der Waals surface area contributed by atoms with Crippen LogP contribution in [0.1, 0.15) is 17.2 Å². The van der Waals surface area contributed by atoms with Crippen molar-refractivity contribution in [3.8, 4) is 0 Å². The number of rotatable bonds is 2. The van der Waals surface area contributed by atoms with Crippen molar-refractivity contribution in [2.75, 3.05) is 0 Å². The summed E-state index contributed by atoms with van der Waals surface area (Å²) in [7, 11) is 0. The highest BCUT2D eigenvalue weighted by Gasteiger charge is 2.17. The van der Waals surface area contributed by atoms with Crippen LogP contribution in [-0.4, -0.2) is 9.97 Å². The lowest BCUT2D eigenvalue weighted by atomic mass is 9.99. The SMILES string of the molecule is NC(c1cc2[nH]c(=O)[nH]c2cc1Br)c1cc(Br)ccc1I. The van der Waals surface area contributed by atoms with Crippen LogP contribution in [0, 0.1) is 3.57 Å². The first kappa shape index (κ1) is 15.3. The molecule has 1 aromatic heterocycles. The Kier molecular flexibility index (Phi) is 4.26. The average molecular weight is 523 g/mol. The fraction of sp³-hybridized carbons (Fsp3) is 0.0714. The van der Waals surface area contributed by atoms with E-state index in [0.29, 0.717) is 0 Å². The minimum Gasteiger partial charge on any atom is -0.320 e. The van der Waals surface area contributed by atoms with Gasteiger partial charge in [0.15, 0.2) is 0 Å². The minimum atomic E-state index is -0.286. The lowest BCUT2D eigenvalue weighted by molar-refractivity contribution is 0.860. The van der Waals surface area contributed by atoms with Crippen molar-refractivity contribution in [3.63, 3.8) is 0 Å². The van der Waals surface area contributed by atoms with Crippen LogP contribution in [0.15, 0.2) is 44.1 Å². The number of H-pyrrole nitrogens is 2. The first-order chi connectivity index (χ1) is 9.95. The number of benzene rings is 2. The quantitative estimate of drug-likeness (QED) is 0.445. The van der Waals surface area contributed by atoms with E-state index in [0.717, 1.165) is 34.7 Å². The lowest BCUT2D eigenvalue weighted by Crippen LogP contribution is -2.14. The highest BCUT2D eigenvalue weighted by molar-refractivity contribution is 14.1. The Bertz CT molecular complexity index is 888. The summed E-state index contributed by atoms with van der Waals surface area (Å²) >= 11 is 9.29. The second-order valence-corrected chi connectivity index (χ2v) is 7.57. The van der Waals surface area contributed by atoms with Crippen LogP contribution in [-0.2, 0) is 0 Å². The van der Waals surface area contributed by atoms with E-state index in [1.807, 2.05) is 30.3 Å². The number of hydrogen-bond donors (Lipinski definition) is 3. The standard InChI is InChI=1S/C14H10Br2IN3O/c15-6-1-2-10(17)8(3-6)13(18)7-4-11-12(5-9(7)16)20-14(21)19-11/h1-5,13H,18H2,(H2,19,20,21). The zero-order chi connectivity index (χ0) is 15.1. The van der Waals surface area contributed by atoms with Crippen molar-refractivity contribution in [2.45, 2.75) is 6.04 Å². The van der Waals surface area contributed by atoms with Gasteiger partial charge < -0.3 is 15.7 Å². The Balaban J connectivity index is 2.16. The van der Waals surface area contributed by atoms with E-state index in [4.69, 9.17) is 5.73 Å². The molecule has 0 aliphatic rings. The molecule has 3 aromatic rings. The van der Waals surface area contributed by atoms with Crippen molar-refractivity contribution in [3.05, 3.63) is 64.5 Å². The predicted octanol–water partition coefficient (Wildman–Crippen LogP) is 4.03. The van der Waals surface area contributed by atoms with Gasteiger partial charge in [-0.3, -0.25) is 0 Å². The third-order valence-electron chi connectivity index (χ3n) is 3.26. The summed E-state index contributed by atoms with van der Waals surface area (Å²) in [5.74, 6) is 0. The van der Waals surface area contributed by atoms with Gasteiger partial charge in [0.05, 0.1) is 17.1 Å². The smallest absolute Gasteiger partial charge is 0.320 e. The predicted molar refractivity (Wildman–Crippen MR) is 99.5 cm³/mol. The Morgan fingerprint density at radius 3 is 2.43 bits per heavy atom. The molecule has 3 rings (SSSR count). The summed E-state index contributed by atoms with van der Waals surface area (Å²) < 4.78 is 2.95. The molecule has 4 nitrogen and oxygen atoms in total. The highest BCUT2D eigenvalue weighted by Crippen LogP contribution is 2.32. The maximum atomic E-state index is 11.4. The molecule has 0 fully saturated rings. The van der Waals surface area contributed by atoms with Crippen molar-refractivity contribution >= 4 is 65.5 Å². The number of fused-ring (bicyclic) bond motifs is 1. The van der Waals surface area contributed by atoms with Crippen molar-refractivity contribution in [2.24, 2.45) is 5.73 Å². The van der Waals surface area contributed by atoms with Gasteiger partial charge in [0.2, 0.25) is 0 Å². The minimum absolute atomic E-state index is 0.223. The molecule has 0 bridgehead atoms. The van der Waals surface area contributed by atoms with Gasteiger partial charge >= 0.3 is 5.69 Å². The first-order valence-electron chi connectivity index (χ1n) is 6.07. The molecule has 0 spiro atoms. The number of nitrogens with two attached hydrogens (primary N) is 1. The molecule has 1 atom stereocenters. The van der Waals surface area contributed by atoms with E-state index < -0.39 is 0 Å². The van der Waals surface area contributed by atoms with Gasteiger partial charge in [-0.2, -0.15) is 0 Å². The number of halogens is 3. The van der Waals surface area contributed by atoms with Gasteiger partial charge in [-0.1, -0.05) is 31.9 Å². The second-order valence-electron chi connectivity index (χ2n) is 4.64. The third kappa shape index (κ3) is 2.96. The maximum absolute atomic E-state index is 11.4. The summed E-state index contributed by atoms with van der Waals surface area (Å²) in [5, 5.41) is 0. The molecule has 1 unspecified atom stereocenters. The fourth-order valence-electron chi connectivity index (χ4n) is 2.23. The summed E-state index contributed by atoms with van der Waals surface area (Å²) in [6.45, 7) is 0. The molecular formula is C14H10Br2IN3O. The van der Waals surface area contributed by atoms with Gasteiger partial charge in [0.1, 0.15) is 0 Å². The number of aromatic amines is 2. The molecule has 7 heteroatoms. The molecule has 2 aromatic carbocycles. The molecule has 0 radical (unpaired) electrons. The van der Waals surface area contributed by atoms with Crippen LogP contribution in [0.5, 0.6) is 0 Å². The van der Waals surface area contributed by atoms with Crippen LogP contribution in [0.2, 0.25) is 0 Å². The number of hydrogen-bond acceptors (Lipinski definition) is 2. The zero-order valence-corrected chi connectivity index (χ0v) is 15.9. The monoisotopic (exact) mass is 521 g/mol. The molecule has 1 heterocycles. The van der Waals surface area contributed by atoms with Gasteiger partial charge in [-0.25, -0.2) is 4.79 Å². The first-order valence-corrected chi connectivity index (χ1v) is 8.74. The van der Waals surface area contributed by atoms with E-state index in [1.165, 1.54) is 0 Å². The van der Waals surface area contributed by atoms with Crippen molar-refractivity contribution < 1.29 is 0 Å². The highest BCUT2D eigenvalue weighted by atomic mass is 127. The van der Waals surface area contributed by atoms with Crippen molar-refractivity contribution in [1.82, 2.24) is 9.97 Å². The van der Waals surface area contributed by atoms with Crippen LogP contribution in [0.4, 0.5) is 0 Å². The van der Waals surface area contributed by atoms with E-state index in [9.17, 15) is 4.79 Å². The number of imidazole rings is 1. The van der Waals surface area contributed by atoms with Gasteiger partial charge in [-0.15, -0.1) is 0 Å². The maximum Gasteiger partial charge on any atom is 0.323 e. The van der Waals surface area contributed by atoms with Gasteiger partial charge in [0, 0.05) is 12.5 Å². The Morgan fingerprint density at radius 1 is 1.05 bits per heavy atom. The molecule has 108 valence electrons.